The second-order valence-electron chi connectivity index (χ2n) is 5.51. The Morgan fingerprint density at radius 2 is 2.00 bits per heavy atom. The fourth-order valence-electron chi connectivity index (χ4n) is 2.28. The van der Waals surface area contributed by atoms with Gasteiger partial charge in [0.05, 0.1) is 16.9 Å². The zero-order chi connectivity index (χ0) is 12.8. The van der Waals surface area contributed by atoms with Crippen LogP contribution in [0.2, 0.25) is 0 Å². The van der Waals surface area contributed by atoms with Crippen LogP contribution in [0.1, 0.15) is 39.8 Å². The number of aryl methyl sites for hydroxylation is 2. The van der Waals surface area contributed by atoms with Crippen molar-refractivity contribution >= 4 is 12.6 Å². The lowest BCUT2D eigenvalue weighted by atomic mass is 9.79. The summed E-state index contributed by atoms with van der Waals surface area (Å²) < 4.78 is 14.0. The molecule has 1 aliphatic rings. The first-order chi connectivity index (χ1) is 7.79. The lowest BCUT2D eigenvalue weighted by Gasteiger charge is -2.35. The van der Waals surface area contributed by atoms with Gasteiger partial charge in [-0.3, -0.25) is 4.68 Å². The predicted octanol–water partition coefficient (Wildman–Crippen LogP) is 1.42. The quantitative estimate of drug-likeness (QED) is 0.728. The van der Waals surface area contributed by atoms with E-state index in [1.54, 1.807) is 4.68 Å². The summed E-state index contributed by atoms with van der Waals surface area (Å²) in [5.41, 5.74) is 1.46. The van der Waals surface area contributed by atoms with E-state index < -0.39 is 0 Å². The summed E-state index contributed by atoms with van der Waals surface area (Å²) in [7, 11) is 1.61. The molecular weight excluding hydrogens is 215 g/mol. The molecule has 17 heavy (non-hydrogen) atoms. The van der Waals surface area contributed by atoms with Crippen LogP contribution in [0.25, 0.3) is 0 Å². The molecule has 0 aliphatic carbocycles. The van der Waals surface area contributed by atoms with Gasteiger partial charge < -0.3 is 9.31 Å². The van der Waals surface area contributed by atoms with Crippen LogP contribution in [0.4, 0.5) is 0 Å². The van der Waals surface area contributed by atoms with Gasteiger partial charge in [0, 0.05) is 18.7 Å². The van der Waals surface area contributed by atoms with Crippen LogP contribution in [0.15, 0.2) is 6.20 Å². The van der Waals surface area contributed by atoms with E-state index in [-0.39, 0.29) is 18.3 Å². The van der Waals surface area contributed by atoms with E-state index in [1.165, 1.54) is 0 Å². The zero-order valence-electron chi connectivity index (χ0n) is 11.6. The summed E-state index contributed by atoms with van der Waals surface area (Å²) in [6.45, 7) is 10.4. The van der Waals surface area contributed by atoms with Crippen molar-refractivity contribution < 1.29 is 9.31 Å². The van der Waals surface area contributed by atoms with Crippen molar-refractivity contribution in [3.8, 4) is 0 Å². The van der Waals surface area contributed by atoms with Gasteiger partial charge in [0.25, 0.3) is 0 Å². The monoisotopic (exact) mass is 236 g/mol. The Kier molecular flexibility index (Phi) is 2.87. The van der Waals surface area contributed by atoms with E-state index in [9.17, 15) is 0 Å². The summed E-state index contributed by atoms with van der Waals surface area (Å²) in [5, 5.41) is 4.33. The highest BCUT2D eigenvalue weighted by Crippen LogP contribution is 2.39. The van der Waals surface area contributed by atoms with Gasteiger partial charge in [-0.15, -0.1) is 0 Å². The number of hydrogen-bond acceptors (Lipinski definition) is 3. The molecule has 4 nitrogen and oxygen atoms in total. The van der Waals surface area contributed by atoms with Crippen LogP contribution in [-0.4, -0.2) is 28.1 Å². The van der Waals surface area contributed by atoms with Gasteiger partial charge >= 0.3 is 7.12 Å². The van der Waals surface area contributed by atoms with Gasteiger partial charge in [-0.25, -0.2) is 0 Å². The minimum absolute atomic E-state index is 0.250. The Balaban J connectivity index is 2.31. The average Bonchev–Trinajstić information content (AvgIpc) is 2.66. The molecule has 94 valence electrons. The second kappa shape index (κ2) is 3.85. The van der Waals surface area contributed by atoms with E-state index >= 15 is 0 Å². The third-order valence-corrected chi connectivity index (χ3v) is 4.02. The minimum atomic E-state index is -0.302. The van der Waals surface area contributed by atoms with E-state index in [4.69, 9.17) is 9.31 Å². The summed E-state index contributed by atoms with van der Waals surface area (Å²) in [5.74, 6) is 0. The van der Waals surface area contributed by atoms with E-state index in [2.05, 4.69) is 32.8 Å². The molecule has 0 bridgehead atoms. The third-order valence-electron chi connectivity index (χ3n) is 4.02. The highest BCUT2D eigenvalue weighted by Gasteiger charge is 2.54. The van der Waals surface area contributed by atoms with Gasteiger partial charge in [-0.1, -0.05) is 6.92 Å². The van der Waals surface area contributed by atoms with Crippen LogP contribution in [0, 0.1) is 6.92 Å². The molecule has 1 aliphatic heterocycles. The van der Waals surface area contributed by atoms with Crippen molar-refractivity contribution in [2.24, 2.45) is 7.05 Å². The topological polar surface area (TPSA) is 36.3 Å². The number of nitrogens with zero attached hydrogens (tertiary/aromatic N) is 2. The van der Waals surface area contributed by atoms with Crippen molar-refractivity contribution in [3.63, 3.8) is 0 Å². The molecule has 0 amide bonds. The Labute approximate surface area is 103 Å². The maximum absolute atomic E-state index is 6.12. The molecule has 0 N–H and O–H groups in total. The van der Waals surface area contributed by atoms with Gasteiger partial charge in [-0.2, -0.15) is 5.10 Å². The van der Waals surface area contributed by atoms with Crippen LogP contribution < -0.4 is 5.46 Å². The van der Waals surface area contributed by atoms with Crippen molar-refractivity contribution in [3.05, 3.63) is 11.9 Å². The van der Waals surface area contributed by atoms with Crippen LogP contribution >= 0.6 is 0 Å². The number of aromatic nitrogens is 2. The summed E-state index contributed by atoms with van der Waals surface area (Å²) >= 11 is 0. The molecule has 1 fully saturated rings. The third kappa shape index (κ3) is 1.91. The molecule has 0 aromatic carbocycles. The Morgan fingerprint density at radius 1 is 1.35 bits per heavy atom. The van der Waals surface area contributed by atoms with Crippen LogP contribution in [0.5, 0.6) is 0 Å². The molecule has 1 atom stereocenters. The largest absolute Gasteiger partial charge is 0.498 e. The molecule has 0 spiro atoms. The lowest BCUT2D eigenvalue weighted by molar-refractivity contribution is -0.0118. The van der Waals surface area contributed by atoms with Crippen LogP contribution in [-0.2, 0) is 16.4 Å². The minimum Gasteiger partial charge on any atom is -0.399 e. The molecule has 2 heterocycles. The summed E-state index contributed by atoms with van der Waals surface area (Å²) in [4.78, 5) is 0. The number of hydrogen-bond donors (Lipinski definition) is 0. The maximum Gasteiger partial charge on any atom is 0.498 e. The smallest absolute Gasteiger partial charge is 0.399 e. The lowest BCUT2D eigenvalue weighted by Crippen LogP contribution is -2.44. The van der Waals surface area contributed by atoms with Gasteiger partial charge in [0.2, 0.25) is 0 Å². The molecule has 1 aromatic rings. The first kappa shape index (κ1) is 12.6. The molecule has 5 heteroatoms. The molecule has 1 unspecified atom stereocenters. The standard InChI is InChI=1S/C12H21BN2O2/c1-7-12(5)11(3,4)16-13(17-12)10-8-15(6)14-9(10)2/h8H,7H2,1-6H3. The van der Waals surface area contributed by atoms with Crippen molar-refractivity contribution in [1.82, 2.24) is 9.78 Å². The van der Waals surface area contributed by atoms with Gasteiger partial charge in [0.15, 0.2) is 0 Å². The fourth-order valence-corrected chi connectivity index (χ4v) is 2.28. The van der Waals surface area contributed by atoms with Crippen molar-refractivity contribution in [1.29, 1.82) is 0 Å². The van der Waals surface area contributed by atoms with Crippen molar-refractivity contribution in [2.45, 2.75) is 52.2 Å². The molecule has 1 saturated heterocycles. The van der Waals surface area contributed by atoms with E-state index in [0.29, 0.717) is 0 Å². The normalized spacial score (nSPS) is 27.8. The maximum atomic E-state index is 6.12. The highest BCUT2D eigenvalue weighted by molar-refractivity contribution is 6.62. The Bertz CT molecular complexity index is 430. The second-order valence-corrected chi connectivity index (χ2v) is 5.51. The molecular formula is C12H21BN2O2. The van der Waals surface area contributed by atoms with Gasteiger partial charge in [-0.05, 0) is 34.1 Å². The molecule has 0 saturated carbocycles. The van der Waals surface area contributed by atoms with Gasteiger partial charge in [0.1, 0.15) is 0 Å². The van der Waals surface area contributed by atoms with Crippen LogP contribution in [0.3, 0.4) is 0 Å². The van der Waals surface area contributed by atoms with Crippen molar-refractivity contribution in [2.75, 3.05) is 0 Å². The Morgan fingerprint density at radius 3 is 2.41 bits per heavy atom. The summed E-state index contributed by atoms with van der Waals surface area (Å²) in [6, 6.07) is 0. The number of rotatable bonds is 2. The zero-order valence-corrected chi connectivity index (χ0v) is 11.6. The van der Waals surface area contributed by atoms with E-state index in [1.807, 2.05) is 20.2 Å². The predicted molar refractivity (Wildman–Crippen MR) is 68.3 cm³/mol. The SMILES string of the molecule is CCC1(C)OB(c2cn(C)nc2C)OC1(C)C. The summed E-state index contributed by atoms with van der Waals surface area (Å²) in [6.07, 6.45) is 2.90. The first-order valence-electron chi connectivity index (χ1n) is 6.15. The first-order valence-corrected chi connectivity index (χ1v) is 6.15. The fraction of sp³-hybridized carbons (Fsp3) is 0.750. The molecule has 0 radical (unpaired) electrons. The highest BCUT2D eigenvalue weighted by atomic mass is 16.7. The average molecular weight is 236 g/mol. The van der Waals surface area contributed by atoms with E-state index in [0.717, 1.165) is 17.6 Å². The molecule has 1 aromatic heterocycles. The Hall–Kier alpha value is -0.805. The molecule has 2 rings (SSSR count).